The van der Waals surface area contributed by atoms with Crippen molar-refractivity contribution in [3.63, 3.8) is 0 Å². The maximum absolute atomic E-state index is 12.5. The minimum Gasteiger partial charge on any atom is -0.444 e. The van der Waals surface area contributed by atoms with Gasteiger partial charge < -0.3 is 38.9 Å². The molecule has 0 unspecified atom stereocenters. The van der Waals surface area contributed by atoms with Gasteiger partial charge in [-0.25, -0.2) is 14.8 Å². The van der Waals surface area contributed by atoms with Crippen LogP contribution in [0.25, 0.3) is 23.2 Å². The summed E-state index contributed by atoms with van der Waals surface area (Å²) < 4.78 is 16.9. The zero-order valence-corrected chi connectivity index (χ0v) is 40.6. The molecule has 4 aliphatic rings. The van der Waals surface area contributed by atoms with Crippen molar-refractivity contribution < 1.29 is 18.4 Å². The van der Waals surface area contributed by atoms with Crippen LogP contribution in [0.2, 0.25) is 0 Å². The Kier molecular flexibility index (Phi) is 16.2. The van der Waals surface area contributed by atoms with Crippen LogP contribution in [-0.2, 0) is 4.74 Å². The number of piperidine rings is 1. The van der Waals surface area contributed by atoms with Gasteiger partial charge in [0.1, 0.15) is 17.0 Å². The molecular weight excluding hydrogens is 823 g/mol. The first-order chi connectivity index (χ1) is 31.4. The summed E-state index contributed by atoms with van der Waals surface area (Å²) in [4.78, 5) is 34.3. The second-order valence-corrected chi connectivity index (χ2v) is 19.0. The fourth-order valence-corrected chi connectivity index (χ4v) is 10.1. The first-order valence-corrected chi connectivity index (χ1v) is 24.5. The zero-order chi connectivity index (χ0) is 46.1. The van der Waals surface area contributed by atoms with E-state index in [4.69, 9.17) is 23.5 Å². The number of rotatable bonds is 12. The van der Waals surface area contributed by atoms with Crippen LogP contribution in [0.15, 0.2) is 33.1 Å². The van der Waals surface area contributed by atoms with Crippen LogP contribution in [0.4, 0.5) is 28.2 Å². The molecule has 4 fully saturated rings. The molecule has 4 aromatic rings. The molecule has 2 N–H and O–H groups in total. The van der Waals surface area contributed by atoms with E-state index in [1.165, 1.54) is 44.2 Å². The summed E-state index contributed by atoms with van der Waals surface area (Å²) in [6, 6.07) is 11.5. The molecule has 3 aliphatic heterocycles. The number of nitrogens with one attached hydrogen (secondary N) is 2. The topological polar surface area (TPSA) is 170 Å². The molecule has 356 valence electrons. The van der Waals surface area contributed by atoms with Crippen LogP contribution >= 0.6 is 0 Å². The van der Waals surface area contributed by atoms with E-state index in [2.05, 4.69) is 83.5 Å². The molecule has 1 amide bonds. The van der Waals surface area contributed by atoms with Crippen molar-refractivity contribution >= 4 is 29.5 Å². The number of anilines is 4. The molecule has 0 spiro atoms. The second-order valence-electron chi connectivity index (χ2n) is 19.0. The highest BCUT2D eigenvalue weighted by atomic mass is 16.6. The first kappa shape index (κ1) is 47.9. The fraction of sp³-hybridized carbons (Fsp3) is 0.688. The van der Waals surface area contributed by atoms with Gasteiger partial charge in [0.2, 0.25) is 0 Å². The normalized spacial score (nSPS) is 20.7. The third kappa shape index (κ3) is 12.1. The average Bonchev–Trinajstić information content (AvgIpc) is 3.99. The number of piperazine rings is 2. The number of ether oxygens (including phenoxy) is 1. The minimum absolute atomic E-state index is 0.192. The Morgan fingerprint density at radius 3 is 1.52 bits per heavy atom. The van der Waals surface area contributed by atoms with Crippen LogP contribution in [0, 0.1) is 13.8 Å². The van der Waals surface area contributed by atoms with Gasteiger partial charge in [-0.3, -0.25) is 9.80 Å². The van der Waals surface area contributed by atoms with Gasteiger partial charge in [-0.2, -0.15) is 0 Å². The second kappa shape index (κ2) is 22.0. The van der Waals surface area contributed by atoms with Crippen molar-refractivity contribution in [2.24, 2.45) is 0 Å². The number of hydrogen-bond donors (Lipinski definition) is 2. The summed E-state index contributed by atoms with van der Waals surface area (Å²) in [5.74, 6) is 0.888. The molecule has 0 radical (unpaired) electrons. The van der Waals surface area contributed by atoms with E-state index in [1.807, 2.05) is 58.6 Å². The van der Waals surface area contributed by atoms with Gasteiger partial charge in [-0.05, 0) is 111 Å². The lowest BCUT2D eigenvalue weighted by molar-refractivity contribution is 0.00946. The van der Waals surface area contributed by atoms with Crippen molar-refractivity contribution in [1.82, 2.24) is 45.1 Å². The summed E-state index contributed by atoms with van der Waals surface area (Å²) in [5, 5.41) is 22.3. The van der Waals surface area contributed by atoms with Gasteiger partial charge in [0.15, 0.2) is 0 Å². The summed E-state index contributed by atoms with van der Waals surface area (Å²) in [6.45, 7) is 27.7. The number of carbonyl (C=O) groups excluding carboxylic acids is 1. The molecule has 3 saturated heterocycles. The van der Waals surface area contributed by atoms with Gasteiger partial charge in [0.25, 0.3) is 11.8 Å². The predicted molar refractivity (Wildman–Crippen MR) is 257 cm³/mol. The van der Waals surface area contributed by atoms with Crippen molar-refractivity contribution in [1.29, 1.82) is 0 Å². The van der Waals surface area contributed by atoms with Gasteiger partial charge in [0.05, 0.1) is 22.8 Å². The Balaban J connectivity index is 0.000000198. The molecule has 7 heterocycles. The Bertz CT molecular complexity index is 2120. The summed E-state index contributed by atoms with van der Waals surface area (Å²) in [5.41, 5.74) is 5.33. The molecule has 0 bridgehead atoms. The summed E-state index contributed by atoms with van der Waals surface area (Å²) >= 11 is 0. The Labute approximate surface area is 386 Å². The van der Waals surface area contributed by atoms with E-state index in [0.29, 0.717) is 47.6 Å². The highest BCUT2D eigenvalue weighted by Crippen LogP contribution is 2.32. The van der Waals surface area contributed by atoms with E-state index in [0.717, 1.165) is 114 Å². The standard InChI is InChI=1S/C26H41N7O3.C22H34N6O/c1-7-19-17-32(22-10-9-21(28-18(22)3)23-29-30-24(35-23)27-8-2)15-16-33(19)20-11-13-31(14-12-20)25(34)36-26(4,5)6;1-4-17-15-27(13-14-28(17)18-9-7-6-8-10-18)20-12-11-19(24-16(20)3)21-25-26-22(29-21)23-5-2/h9-10,19-20H,7-8,11-17H2,1-6H3,(H,27,30);11-12,17-18H,4-10,13-15H2,1-3H3,(H,23,26)/t19-;17-/m00/s1. The largest absolute Gasteiger partial charge is 0.444 e. The molecule has 4 aromatic heterocycles. The van der Waals surface area contributed by atoms with E-state index < -0.39 is 5.60 Å². The monoisotopic (exact) mass is 898 g/mol. The maximum atomic E-state index is 12.5. The smallest absolute Gasteiger partial charge is 0.410 e. The lowest BCUT2D eigenvalue weighted by atomic mass is 9.92. The van der Waals surface area contributed by atoms with Crippen LogP contribution < -0.4 is 20.4 Å². The maximum Gasteiger partial charge on any atom is 0.410 e. The van der Waals surface area contributed by atoms with Crippen LogP contribution in [0.5, 0.6) is 0 Å². The van der Waals surface area contributed by atoms with Crippen molar-refractivity contribution in [3.8, 4) is 23.2 Å². The predicted octanol–water partition coefficient (Wildman–Crippen LogP) is 8.28. The molecule has 2 atom stereocenters. The third-order valence-electron chi connectivity index (χ3n) is 13.4. The quantitative estimate of drug-likeness (QED) is 0.139. The Hall–Kier alpha value is -5.03. The van der Waals surface area contributed by atoms with Crippen LogP contribution in [0.3, 0.4) is 0 Å². The van der Waals surface area contributed by atoms with Crippen molar-refractivity contribution in [2.75, 3.05) is 85.9 Å². The molecule has 1 saturated carbocycles. The van der Waals surface area contributed by atoms with Crippen LogP contribution in [-0.4, -0.2) is 146 Å². The molecule has 1 aliphatic carbocycles. The molecular formula is C48H75N13O4. The number of carbonyl (C=O) groups is 1. The third-order valence-corrected chi connectivity index (χ3v) is 13.4. The summed E-state index contributed by atoms with van der Waals surface area (Å²) in [7, 11) is 0. The number of likely N-dealkylation sites (tertiary alicyclic amines) is 1. The number of aryl methyl sites for hydroxylation is 2. The number of hydrogen-bond acceptors (Lipinski definition) is 16. The molecule has 0 aromatic carbocycles. The van der Waals surface area contributed by atoms with E-state index >= 15 is 0 Å². The van der Waals surface area contributed by atoms with Crippen molar-refractivity contribution in [2.45, 2.75) is 150 Å². The van der Waals surface area contributed by atoms with Gasteiger partial charge in [-0.15, -0.1) is 10.2 Å². The SMILES string of the molecule is CCNc1nnc(-c2ccc(N3CCN(C4CCCCC4)[C@@H](CC)C3)c(C)n2)o1.CCNc1nnc(-c2ccc(N3CCN(C4CCN(C(=O)OC(C)(C)C)CC4)[C@@H](CC)C3)c(C)n2)o1. The zero-order valence-electron chi connectivity index (χ0n) is 40.6. The van der Waals surface area contributed by atoms with E-state index in [1.54, 1.807) is 0 Å². The Morgan fingerprint density at radius 2 is 1.11 bits per heavy atom. The highest BCUT2D eigenvalue weighted by molar-refractivity contribution is 5.68. The highest BCUT2D eigenvalue weighted by Gasteiger charge is 2.36. The fourth-order valence-electron chi connectivity index (χ4n) is 10.1. The van der Waals surface area contributed by atoms with Crippen LogP contribution in [0.1, 0.15) is 118 Å². The average molecular weight is 898 g/mol. The Morgan fingerprint density at radius 1 is 0.646 bits per heavy atom. The number of nitrogens with zero attached hydrogens (tertiary/aromatic N) is 11. The van der Waals surface area contributed by atoms with Gasteiger partial charge >= 0.3 is 18.1 Å². The number of aromatic nitrogens is 6. The lowest BCUT2D eigenvalue weighted by Crippen LogP contribution is -2.59. The van der Waals surface area contributed by atoms with E-state index in [9.17, 15) is 4.79 Å². The number of amides is 1. The number of pyridine rings is 2. The minimum atomic E-state index is -0.455. The van der Waals surface area contributed by atoms with Gasteiger partial charge in [-0.1, -0.05) is 43.3 Å². The lowest BCUT2D eigenvalue weighted by Gasteiger charge is -2.48. The summed E-state index contributed by atoms with van der Waals surface area (Å²) in [6.07, 6.45) is 11.1. The molecule has 8 rings (SSSR count). The molecule has 17 nitrogen and oxygen atoms in total. The first-order valence-electron chi connectivity index (χ1n) is 24.5. The van der Waals surface area contributed by atoms with E-state index in [-0.39, 0.29) is 6.09 Å². The molecule has 17 heteroatoms. The van der Waals surface area contributed by atoms with Crippen molar-refractivity contribution in [3.05, 3.63) is 35.7 Å². The molecule has 65 heavy (non-hydrogen) atoms. The van der Waals surface area contributed by atoms with Gasteiger partial charge in [0, 0.05) is 89.6 Å².